The zero-order valence-corrected chi connectivity index (χ0v) is 58.0. The Balaban J connectivity index is 0.000000231. The lowest BCUT2D eigenvalue weighted by molar-refractivity contribution is -0.385. The minimum atomic E-state index is -0.556. The number of fused-ring (bicyclic) bond motifs is 2. The van der Waals surface area contributed by atoms with Gasteiger partial charge < -0.3 is 39.8 Å². The quantitative estimate of drug-likeness (QED) is 0.0250. The molecule has 4 N–H and O–H groups in total. The highest BCUT2D eigenvalue weighted by molar-refractivity contribution is 9.10. The van der Waals surface area contributed by atoms with Crippen molar-refractivity contribution >= 4 is 102 Å². The fourth-order valence-electron chi connectivity index (χ4n) is 8.81. The molecule has 32 heteroatoms. The van der Waals surface area contributed by atoms with Crippen molar-refractivity contribution in [1.82, 2.24) is 9.13 Å². The molecule has 0 saturated carbocycles. The van der Waals surface area contributed by atoms with Crippen molar-refractivity contribution < 1.29 is 67.7 Å². The number of aldehydes is 3. The van der Waals surface area contributed by atoms with Crippen LogP contribution in [0.3, 0.4) is 0 Å². The number of aromatic hydroxyl groups is 1. The van der Waals surface area contributed by atoms with Gasteiger partial charge >= 0.3 is 5.97 Å². The van der Waals surface area contributed by atoms with Crippen LogP contribution in [-0.4, -0.2) is 93.8 Å². The SMILES string of the molecule is CCOC(=O)CC#N.COc1ccc(C=O)c(Br)c1.COc1ccc(C=O)c(Nc2ccc([N+](=O)[O-])cc2)c1.COc1ccc(C=O)cc1.COc1ccc2cc(C#N)c(=O)n(-c3ccc([N+](=O)[O-])cc3)c2c1.N#Cc1cc2ccc(O)cc2n(-c2ccc([N+](=O)[O-])cc2)c1=O.Nc1ccc([N+](=O)[O-])cc1. The van der Waals surface area contributed by atoms with Gasteiger partial charge in [-0.25, -0.2) is 0 Å². The van der Waals surface area contributed by atoms with Crippen molar-refractivity contribution in [2.75, 3.05) is 46.1 Å². The second-order valence-electron chi connectivity index (χ2n) is 20.7. The number of methoxy groups -OCH3 is 4. The van der Waals surface area contributed by atoms with E-state index in [1.807, 2.05) is 12.1 Å². The number of phenols is 1. The van der Waals surface area contributed by atoms with Gasteiger partial charge in [0.2, 0.25) is 0 Å². The molecule has 0 amide bonds. The molecule has 106 heavy (non-hydrogen) atoms. The molecule has 0 aliphatic rings. The fraction of sp³-hybridized carbons (Fsp3) is 0.0946. The first-order chi connectivity index (χ1) is 50.8. The van der Waals surface area contributed by atoms with E-state index in [-0.39, 0.29) is 46.0 Å². The molecule has 0 saturated heterocycles. The highest BCUT2D eigenvalue weighted by Crippen LogP contribution is 2.29. The maximum Gasteiger partial charge on any atom is 0.320 e. The van der Waals surface area contributed by atoms with Crippen LogP contribution in [0.2, 0.25) is 0 Å². The number of hydrogen-bond acceptors (Lipinski definition) is 25. The summed E-state index contributed by atoms with van der Waals surface area (Å²) in [7, 11) is 6.23. The molecular formula is C74H60BrN11O20. The van der Waals surface area contributed by atoms with Gasteiger partial charge in [-0.05, 0) is 162 Å². The highest BCUT2D eigenvalue weighted by Gasteiger charge is 2.16. The van der Waals surface area contributed by atoms with Gasteiger partial charge in [0.05, 0.1) is 77.5 Å². The number of ether oxygens (including phenoxy) is 5. The summed E-state index contributed by atoms with van der Waals surface area (Å²) in [5, 5.41) is 82.4. The Morgan fingerprint density at radius 2 is 0.915 bits per heavy atom. The van der Waals surface area contributed by atoms with Crippen LogP contribution in [0.15, 0.2) is 220 Å². The first-order valence-corrected chi connectivity index (χ1v) is 31.1. The molecule has 0 fully saturated rings. The zero-order chi connectivity index (χ0) is 78.0. The maximum atomic E-state index is 12.6. The van der Waals surface area contributed by atoms with Crippen LogP contribution in [0.1, 0.15) is 55.5 Å². The van der Waals surface area contributed by atoms with Crippen molar-refractivity contribution in [3.05, 3.63) is 300 Å². The van der Waals surface area contributed by atoms with Gasteiger partial charge in [0, 0.05) is 121 Å². The number of carbonyl (C=O) groups is 4. The van der Waals surface area contributed by atoms with Crippen LogP contribution in [-0.2, 0) is 9.53 Å². The zero-order valence-electron chi connectivity index (χ0n) is 56.5. The van der Waals surface area contributed by atoms with Crippen LogP contribution >= 0.6 is 15.9 Å². The van der Waals surface area contributed by atoms with Gasteiger partial charge in [-0.15, -0.1) is 0 Å². The molecule has 11 rings (SSSR count). The Bertz CT molecular complexity index is 5230. The van der Waals surface area contributed by atoms with Crippen LogP contribution in [0, 0.1) is 74.5 Å². The molecule has 9 aromatic carbocycles. The molecule has 2 aromatic heterocycles. The van der Waals surface area contributed by atoms with Gasteiger partial charge in [0.15, 0.2) is 12.6 Å². The maximum absolute atomic E-state index is 12.6. The van der Waals surface area contributed by atoms with Crippen molar-refractivity contribution in [3.63, 3.8) is 0 Å². The largest absolute Gasteiger partial charge is 0.508 e. The predicted octanol–water partition coefficient (Wildman–Crippen LogP) is 13.8. The Labute approximate surface area is 609 Å². The number of nitrogens with zero attached hydrogens (tertiary/aromatic N) is 9. The van der Waals surface area contributed by atoms with E-state index < -0.39 is 36.8 Å². The number of nitrogens with two attached hydrogens (primary N) is 1. The number of rotatable bonds is 17. The summed E-state index contributed by atoms with van der Waals surface area (Å²) in [5.41, 5.74) is 9.37. The summed E-state index contributed by atoms with van der Waals surface area (Å²) >= 11 is 3.24. The Kier molecular flexibility index (Phi) is 31.6. The Hall–Kier alpha value is -15.0. The Morgan fingerprint density at radius 1 is 0.519 bits per heavy atom. The van der Waals surface area contributed by atoms with Crippen LogP contribution in [0.4, 0.5) is 39.8 Å². The number of anilines is 3. The van der Waals surface area contributed by atoms with E-state index in [0.717, 1.165) is 34.8 Å². The van der Waals surface area contributed by atoms with E-state index in [9.17, 15) is 79.6 Å². The van der Waals surface area contributed by atoms with E-state index in [1.54, 1.807) is 124 Å². The predicted molar refractivity (Wildman–Crippen MR) is 394 cm³/mol. The third-order valence-electron chi connectivity index (χ3n) is 14.0. The first kappa shape index (κ1) is 81.7. The monoisotopic (exact) mass is 1500 g/mol. The molecule has 0 spiro atoms. The van der Waals surface area contributed by atoms with Crippen molar-refractivity contribution in [3.8, 4) is 58.3 Å². The van der Waals surface area contributed by atoms with Crippen LogP contribution < -0.4 is 41.1 Å². The smallest absolute Gasteiger partial charge is 0.320 e. The number of carbonyl (C=O) groups excluding carboxylic acids is 4. The fourth-order valence-corrected chi connectivity index (χ4v) is 9.26. The summed E-state index contributed by atoms with van der Waals surface area (Å²) < 4.78 is 27.9. The number of non-ortho nitro benzene ring substituents is 4. The summed E-state index contributed by atoms with van der Waals surface area (Å²) in [6, 6.07) is 57.7. The van der Waals surface area contributed by atoms with E-state index in [1.165, 1.54) is 133 Å². The number of aromatic nitrogens is 2. The number of nitro groups is 4. The second kappa shape index (κ2) is 40.9. The average molecular weight is 1500 g/mol. The second-order valence-corrected chi connectivity index (χ2v) is 21.6. The third-order valence-corrected chi connectivity index (χ3v) is 14.7. The van der Waals surface area contributed by atoms with Crippen LogP contribution in [0.5, 0.6) is 28.7 Å². The van der Waals surface area contributed by atoms with E-state index in [4.69, 9.17) is 35.2 Å². The van der Waals surface area contributed by atoms with Crippen molar-refractivity contribution in [2.24, 2.45) is 0 Å². The standard InChI is InChI=1S/C17H11N3O4.C16H9N3O4.C14H12N2O4.C8H7BrO2.C8H8O2.C6H6N2O2.C5H7NO2/c1-24-15-7-2-11-8-12(10-18)17(21)19(16(11)9-15)13-3-5-14(6-4-13)20(22)23;17-9-11-7-10-1-6-14(20)8-15(10)18(16(11)21)12-2-4-13(5-3-12)19(22)23;1-20-13-7-2-10(9-17)14(8-13)15-11-3-5-12(6-4-11)16(18)19;1-11-7-3-2-6(5-10)8(9)4-7;1-10-8-4-2-7(6-9)3-5-8;7-5-1-3-6(4-2-5)8(9)10;1-2-8-5(7)3-4-6/h2-9H,1H3;1-8,20H;2-9,15H,1H3;2-5H,1H3;2-6H,1H3;1-4H,7H2;2-3H2,1H3. The van der Waals surface area contributed by atoms with Gasteiger partial charge in [-0.3, -0.25) is 78.4 Å². The number of halogens is 1. The molecule has 0 aliphatic carbocycles. The minimum Gasteiger partial charge on any atom is -0.508 e. The number of hydrogen-bond donors (Lipinski definition) is 3. The van der Waals surface area contributed by atoms with E-state index >= 15 is 0 Å². The molecule has 0 radical (unpaired) electrons. The molecule has 2 heterocycles. The third kappa shape index (κ3) is 23.6. The average Bonchev–Trinajstić information content (AvgIpc) is 0.775. The van der Waals surface area contributed by atoms with Crippen LogP contribution in [0.25, 0.3) is 33.2 Å². The number of nitrogen functional groups attached to an aromatic ring is 1. The topological polar surface area (TPSA) is 461 Å². The molecule has 0 unspecified atom stereocenters. The summed E-state index contributed by atoms with van der Waals surface area (Å²) in [6.45, 7) is 2.05. The number of pyridine rings is 2. The molecule has 31 nitrogen and oxygen atoms in total. The lowest BCUT2D eigenvalue weighted by atomic mass is 10.1. The lowest BCUT2D eigenvalue weighted by Crippen LogP contribution is -2.21. The van der Waals surface area contributed by atoms with Gasteiger partial charge in [-0.2, -0.15) is 15.8 Å². The number of nitrogens with one attached hydrogen (secondary N) is 1. The molecule has 0 bridgehead atoms. The highest BCUT2D eigenvalue weighted by atomic mass is 79.9. The first-order valence-electron chi connectivity index (χ1n) is 30.3. The van der Waals surface area contributed by atoms with E-state index in [2.05, 4.69) is 26.0 Å². The summed E-state index contributed by atoms with van der Waals surface area (Å²) in [4.78, 5) is 107. The summed E-state index contributed by atoms with van der Waals surface area (Å²) in [5.74, 6) is 2.20. The molecular weight excluding hydrogens is 1440 g/mol. The molecule has 538 valence electrons. The molecule has 0 atom stereocenters. The summed E-state index contributed by atoms with van der Waals surface area (Å²) in [6.07, 6.45) is 2.18. The number of nitriles is 3. The van der Waals surface area contributed by atoms with E-state index in [0.29, 0.717) is 85.0 Å². The van der Waals surface area contributed by atoms with Gasteiger partial charge in [0.25, 0.3) is 33.9 Å². The molecule has 11 aromatic rings. The van der Waals surface area contributed by atoms with Crippen molar-refractivity contribution in [2.45, 2.75) is 13.3 Å². The molecule has 0 aliphatic heterocycles. The lowest BCUT2D eigenvalue weighted by Gasteiger charge is -2.12. The normalized spacial score (nSPS) is 9.69. The number of esters is 1. The number of nitro benzene ring substituents is 4. The van der Waals surface area contributed by atoms with Gasteiger partial charge in [0.1, 0.15) is 64.7 Å². The number of phenolic OH excluding ortho intramolecular Hbond substituents is 1. The number of benzene rings is 9. The Morgan fingerprint density at radius 3 is 1.32 bits per heavy atom. The van der Waals surface area contributed by atoms with Crippen molar-refractivity contribution in [1.29, 1.82) is 15.8 Å². The minimum absolute atomic E-state index is 0.00832. The van der Waals surface area contributed by atoms with Gasteiger partial charge in [-0.1, -0.05) is 0 Å².